The number of carbonyl (C=O) groups excluding carboxylic acids is 1. The molecule has 0 aromatic heterocycles. The van der Waals surface area contributed by atoms with Gasteiger partial charge < -0.3 is 10.6 Å². The summed E-state index contributed by atoms with van der Waals surface area (Å²) in [6.45, 7) is 1.75. The van der Waals surface area contributed by atoms with E-state index in [-0.39, 0.29) is 11.7 Å². The van der Waals surface area contributed by atoms with Gasteiger partial charge in [-0.3, -0.25) is 4.79 Å². The van der Waals surface area contributed by atoms with Crippen LogP contribution in [-0.2, 0) is 11.3 Å². The summed E-state index contributed by atoms with van der Waals surface area (Å²) in [5.74, 6) is -0.991. The average Bonchev–Trinajstić information content (AvgIpc) is 2.39. The molecular formula is C15H14F2N2O. The molecule has 104 valence electrons. The standard InChI is InChI=1S/C15H14F2N2O/c1-10(20)19-15-8-13(17)3-2-11(15)9-18-14-6-4-12(16)5-7-14/h2-8,18H,9H2,1H3,(H,19,20). The molecule has 0 bridgehead atoms. The fourth-order valence-corrected chi connectivity index (χ4v) is 1.77. The van der Waals surface area contributed by atoms with E-state index >= 15 is 0 Å². The maximum Gasteiger partial charge on any atom is 0.221 e. The fourth-order valence-electron chi connectivity index (χ4n) is 1.77. The van der Waals surface area contributed by atoms with Crippen LogP contribution in [0.15, 0.2) is 42.5 Å². The molecule has 0 aliphatic carbocycles. The molecule has 0 aliphatic rings. The van der Waals surface area contributed by atoms with Gasteiger partial charge in [-0.05, 0) is 42.0 Å². The Balaban J connectivity index is 2.12. The lowest BCUT2D eigenvalue weighted by atomic mass is 10.1. The summed E-state index contributed by atoms with van der Waals surface area (Å²) >= 11 is 0. The van der Waals surface area contributed by atoms with Crippen molar-refractivity contribution in [2.75, 3.05) is 10.6 Å². The number of benzene rings is 2. The van der Waals surface area contributed by atoms with Crippen molar-refractivity contribution in [3.8, 4) is 0 Å². The van der Waals surface area contributed by atoms with E-state index in [4.69, 9.17) is 0 Å². The van der Waals surface area contributed by atoms with Gasteiger partial charge in [-0.2, -0.15) is 0 Å². The highest BCUT2D eigenvalue weighted by atomic mass is 19.1. The molecule has 2 rings (SSSR count). The third-order valence-electron chi connectivity index (χ3n) is 2.71. The van der Waals surface area contributed by atoms with Gasteiger partial charge in [0.1, 0.15) is 11.6 Å². The highest BCUT2D eigenvalue weighted by molar-refractivity contribution is 5.89. The number of halogens is 2. The highest BCUT2D eigenvalue weighted by Crippen LogP contribution is 2.19. The fraction of sp³-hybridized carbons (Fsp3) is 0.133. The van der Waals surface area contributed by atoms with Crippen LogP contribution in [-0.4, -0.2) is 5.91 Å². The molecule has 5 heteroatoms. The van der Waals surface area contributed by atoms with Gasteiger partial charge in [0.05, 0.1) is 0 Å². The van der Waals surface area contributed by atoms with Crippen molar-refractivity contribution >= 4 is 17.3 Å². The largest absolute Gasteiger partial charge is 0.381 e. The van der Waals surface area contributed by atoms with Crippen molar-refractivity contribution in [3.63, 3.8) is 0 Å². The highest BCUT2D eigenvalue weighted by Gasteiger charge is 2.06. The second-order valence-corrected chi connectivity index (χ2v) is 4.34. The number of hydrogen-bond acceptors (Lipinski definition) is 2. The first kappa shape index (κ1) is 14.0. The van der Waals surface area contributed by atoms with Crippen molar-refractivity contribution in [1.29, 1.82) is 0 Å². The first-order valence-corrected chi connectivity index (χ1v) is 6.10. The van der Waals surface area contributed by atoms with Crippen LogP contribution in [0, 0.1) is 11.6 Å². The van der Waals surface area contributed by atoms with Gasteiger partial charge in [0, 0.05) is 24.8 Å². The van der Waals surface area contributed by atoms with Crippen LogP contribution in [0.1, 0.15) is 12.5 Å². The summed E-state index contributed by atoms with van der Waals surface area (Å²) in [4.78, 5) is 11.1. The van der Waals surface area contributed by atoms with Crippen LogP contribution < -0.4 is 10.6 Å². The Bertz CT molecular complexity index is 612. The molecule has 0 spiro atoms. The van der Waals surface area contributed by atoms with Crippen LogP contribution in [0.5, 0.6) is 0 Å². The SMILES string of the molecule is CC(=O)Nc1cc(F)ccc1CNc1ccc(F)cc1. The van der Waals surface area contributed by atoms with Gasteiger partial charge in [0.25, 0.3) is 0 Å². The topological polar surface area (TPSA) is 41.1 Å². The Hall–Kier alpha value is -2.43. The molecule has 2 aromatic carbocycles. The molecule has 0 heterocycles. The van der Waals surface area contributed by atoms with E-state index in [2.05, 4.69) is 10.6 Å². The predicted octanol–water partition coefficient (Wildman–Crippen LogP) is 3.54. The summed E-state index contributed by atoms with van der Waals surface area (Å²) in [6, 6.07) is 10.1. The van der Waals surface area contributed by atoms with E-state index in [1.807, 2.05) is 0 Å². The van der Waals surface area contributed by atoms with E-state index in [9.17, 15) is 13.6 Å². The molecular weight excluding hydrogens is 262 g/mol. The van der Waals surface area contributed by atoms with Crippen molar-refractivity contribution in [1.82, 2.24) is 0 Å². The average molecular weight is 276 g/mol. The first-order valence-electron chi connectivity index (χ1n) is 6.10. The zero-order valence-corrected chi connectivity index (χ0v) is 10.9. The minimum absolute atomic E-state index is 0.265. The van der Waals surface area contributed by atoms with E-state index in [1.165, 1.54) is 31.2 Å². The molecule has 0 saturated carbocycles. The number of amides is 1. The van der Waals surface area contributed by atoms with Crippen molar-refractivity contribution < 1.29 is 13.6 Å². The van der Waals surface area contributed by atoms with Crippen LogP contribution in [0.4, 0.5) is 20.2 Å². The van der Waals surface area contributed by atoms with Gasteiger partial charge in [-0.25, -0.2) is 8.78 Å². The van der Waals surface area contributed by atoms with E-state index in [1.54, 1.807) is 18.2 Å². The number of rotatable bonds is 4. The molecule has 0 unspecified atom stereocenters. The monoisotopic (exact) mass is 276 g/mol. The summed E-state index contributed by atoms with van der Waals surface area (Å²) in [5, 5.41) is 5.66. The quantitative estimate of drug-likeness (QED) is 0.896. The molecule has 0 fully saturated rings. The molecule has 3 nitrogen and oxygen atoms in total. The Morgan fingerprint density at radius 1 is 1.05 bits per heavy atom. The Labute approximate surface area is 115 Å². The van der Waals surface area contributed by atoms with Gasteiger partial charge in [0.2, 0.25) is 5.91 Å². The lowest BCUT2D eigenvalue weighted by molar-refractivity contribution is -0.114. The number of anilines is 2. The van der Waals surface area contributed by atoms with Crippen LogP contribution >= 0.6 is 0 Å². The van der Waals surface area contributed by atoms with Crippen LogP contribution in [0.25, 0.3) is 0 Å². The lowest BCUT2D eigenvalue weighted by Gasteiger charge is -2.12. The van der Waals surface area contributed by atoms with Gasteiger partial charge in [-0.15, -0.1) is 0 Å². The van der Waals surface area contributed by atoms with E-state index < -0.39 is 5.82 Å². The van der Waals surface area contributed by atoms with Gasteiger partial charge in [-0.1, -0.05) is 6.07 Å². The Morgan fingerprint density at radius 2 is 1.70 bits per heavy atom. The molecule has 1 amide bonds. The molecule has 0 aliphatic heterocycles. The Morgan fingerprint density at radius 3 is 2.35 bits per heavy atom. The van der Waals surface area contributed by atoms with Gasteiger partial charge in [0.15, 0.2) is 0 Å². The summed E-state index contributed by atoms with van der Waals surface area (Å²) in [5.41, 5.74) is 1.91. The van der Waals surface area contributed by atoms with E-state index in [0.29, 0.717) is 12.2 Å². The van der Waals surface area contributed by atoms with E-state index in [0.717, 1.165) is 11.3 Å². The van der Waals surface area contributed by atoms with Crippen LogP contribution in [0.3, 0.4) is 0 Å². The first-order chi connectivity index (χ1) is 9.54. The number of carbonyl (C=O) groups is 1. The zero-order chi connectivity index (χ0) is 14.5. The smallest absolute Gasteiger partial charge is 0.221 e. The number of hydrogen-bond donors (Lipinski definition) is 2. The lowest BCUT2D eigenvalue weighted by Crippen LogP contribution is -2.10. The minimum Gasteiger partial charge on any atom is -0.381 e. The van der Waals surface area contributed by atoms with Crippen molar-refractivity contribution in [3.05, 3.63) is 59.7 Å². The molecule has 0 saturated heterocycles. The molecule has 20 heavy (non-hydrogen) atoms. The third kappa shape index (κ3) is 3.78. The third-order valence-corrected chi connectivity index (χ3v) is 2.71. The molecule has 2 aromatic rings. The number of nitrogens with one attached hydrogen (secondary N) is 2. The normalized spacial score (nSPS) is 10.2. The van der Waals surface area contributed by atoms with Gasteiger partial charge >= 0.3 is 0 Å². The molecule has 0 radical (unpaired) electrons. The zero-order valence-electron chi connectivity index (χ0n) is 10.9. The maximum absolute atomic E-state index is 13.2. The predicted molar refractivity (Wildman–Crippen MR) is 74.4 cm³/mol. The maximum atomic E-state index is 13.2. The molecule has 2 N–H and O–H groups in total. The molecule has 0 atom stereocenters. The van der Waals surface area contributed by atoms with Crippen molar-refractivity contribution in [2.45, 2.75) is 13.5 Å². The second-order valence-electron chi connectivity index (χ2n) is 4.34. The summed E-state index contributed by atoms with van der Waals surface area (Å²) in [7, 11) is 0. The van der Waals surface area contributed by atoms with Crippen LogP contribution in [0.2, 0.25) is 0 Å². The minimum atomic E-state index is -0.417. The summed E-state index contributed by atoms with van der Waals surface area (Å²) < 4.78 is 26.0. The van der Waals surface area contributed by atoms with Crippen molar-refractivity contribution in [2.24, 2.45) is 0 Å². The Kier molecular flexibility index (Phi) is 4.30. The summed E-state index contributed by atoms with van der Waals surface area (Å²) in [6.07, 6.45) is 0. The second kappa shape index (κ2) is 6.14.